The van der Waals surface area contributed by atoms with E-state index in [2.05, 4.69) is 12.2 Å². The number of hydrogen-bond acceptors (Lipinski definition) is 2. The molecule has 0 spiro atoms. The van der Waals surface area contributed by atoms with Crippen molar-refractivity contribution in [3.05, 3.63) is 34.9 Å². The van der Waals surface area contributed by atoms with Gasteiger partial charge in [-0.1, -0.05) is 23.7 Å². The van der Waals surface area contributed by atoms with Gasteiger partial charge in [0.1, 0.15) is 0 Å². The quantitative estimate of drug-likeness (QED) is 0.809. The Kier molecular flexibility index (Phi) is 5.09. The molecule has 0 radical (unpaired) electrons. The summed E-state index contributed by atoms with van der Waals surface area (Å²) >= 11 is 5.81. The van der Waals surface area contributed by atoms with Crippen molar-refractivity contribution in [2.45, 2.75) is 32.4 Å². The molecule has 0 aliphatic heterocycles. The van der Waals surface area contributed by atoms with Gasteiger partial charge in [0.15, 0.2) is 0 Å². The Morgan fingerprint density at radius 2 is 1.80 bits per heavy atom. The first-order chi connectivity index (χ1) is 7.11. The van der Waals surface area contributed by atoms with Crippen molar-refractivity contribution in [1.29, 1.82) is 0 Å². The molecular weight excluding hydrogens is 210 g/mol. The van der Waals surface area contributed by atoms with Gasteiger partial charge in [-0.05, 0) is 38.0 Å². The van der Waals surface area contributed by atoms with Crippen LogP contribution >= 0.6 is 11.6 Å². The third-order valence-corrected chi connectivity index (χ3v) is 2.55. The average molecular weight is 228 g/mol. The van der Waals surface area contributed by atoms with Crippen LogP contribution in [-0.2, 0) is 6.42 Å². The highest BCUT2D eigenvalue weighted by molar-refractivity contribution is 6.30. The van der Waals surface area contributed by atoms with Crippen LogP contribution in [0.2, 0.25) is 5.02 Å². The van der Waals surface area contributed by atoms with E-state index in [1.165, 1.54) is 5.56 Å². The second-order valence-corrected chi connectivity index (χ2v) is 4.42. The molecule has 0 bridgehead atoms. The summed E-state index contributed by atoms with van der Waals surface area (Å²) in [6.07, 6.45) is 0.946. The minimum Gasteiger partial charge on any atom is -0.395 e. The summed E-state index contributed by atoms with van der Waals surface area (Å²) in [5.41, 5.74) is 1.25. The Hall–Kier alpha value is -0.570. The number of aliphatic hydroxyl groups is 1. The molecule has 2 N–H and O–H groups in total. The van der Waals surface area contributed by atoms with Crippen LogP contribution in [0.1, 0.15) is 19.4 Å². The fraction of sp³-hybridized carbons (Fsp3) is 0.500. The lowest BCUT2D eigenvalue weighted by Crippen LogP contribution is -2.37. The van der Waals surface area contributed by atoms with Gasteiger partial charge in [-0.2, -0.15) is 0 Å². The lowest BCUT2D eigenvalue weighted by atomic mass is 10.1. The zero-order valence-corrected chi connectivity index (χ0v) is 9.96. The second-order valence-electron chi connectivity index (χ2n) is 3.98. The van der Waals surface area contributed by atoms with Crippen LogP contribution in [0.25, 0.3) is 0 Å². The van der Waals surface area contributed by atoms with Crippen molar-refractivity contribution >= 4 is 11.6 Å². The van der Waals surface area contributed by atoms with Crippen molar-refractivity contribution in [2.24, 2.45) is 0 Å². The summed E-state index contributed by atoms with van der Waals surface area (Å²) in [7, 11) is 0. The molecule has 2 unspecified atom stereocenters. The minimum absolute atomic E-state index is 0.146. The first kappa shape index (κ1) is 12.5. The molecule has 0 amide bonds. The van der Waals surface area contributed by atoms with Gasteiger partial charge in [0.2, 0.25) is 0 Å². The van der Waals surface area contributed by atoms with Gasteiger partial charge >= 0.3 is 0 Å². The predicted octanol–water partition coefficient (Wildman–Crippen LogP) is 2.24. The molecule has 1 rings (SSSR count). The molecule has 0 saturated carbocycles. The lowest BCUT2D eigenvalue weighted by Gasteiger charge is -2.18. The highest BCUT2D eigenvalue weighted by Crippen LogP contribution is 2.11. The van der Waals surface area contributed by atoms with Crippen molar-refractivity contribution in [3.63, 3.8) is 0 Å². The predicted molar refractivity (Wildman–Crippen MR) is 64.3 cm³/mol. The fourth-order valence-electron chi connectivity index (χ4n) is 1.57. The monoisotopic (exact) mass is 227 g/mol. The SMILES string of the molecule is CC(CO)NC(C)Cc1ccc(Cl)cc1. The van der Waals surface area contributed by atoms with Crippen molar-refractivity contribution in [3.8, 4) is 0 Å². The van der Waals surface area contributed by atoms with Crippen molar-refractivity contribution in [1.82, 2.24) is 5.32 Å². The molecule has 84 valence electrons. The summed E-state index contributed by atoms with van der Waals surface area (Å²) in [6.45, 7) is 4.25. The third kappa shape index (κ3) is 4.65. The molecule has 1 aromatic carbocycles. The van der Waals surface area contributed by atoms with Crippen LogP contribution in [0.3, 0.4) is 0 Å². The number of benzene rings is 1. The fourth-order valence-corrected chi connectivity index (χ4v) is 1.70. The molecule has 0 fully saturated rings. The standard InChI is InChI=1S/C12H18ClNO/c1-9(14-10(2)8-15)7-11-3-5-12(13)6-4-11/h3-6,9-10,14-15H,7-8H2,1-2H3. The molecule has 0 aliphatic rings. The third-order valence-electron chi connectivity index (χ3n) is 2.30. The van der Waals surface area contributed by atoms with Gasteiger partial charge < -0.3 is 10.4 Å². The number of hydrogen-bond donors (Lipinski definition) is 2. The number of rotatable bonds is 5. The van der Waals surface area contributed by atoms with Crippen LogP contribution in [-0.4, -0.2) is 23.8 Å². The second kappa shape index (κ2) is 6.11. The highest BCUT2D eigenvalue weighted by Gasteiger charge is 2.06. The summed E-state index contributed by atoms with van der Waals surface area (Å²) in [4.78, 5) is 0. The van der Waals surface area contributed by atoms with Crippen LogP contribution < -0.4 is 5.32 Å². The minimum atomic E-state index is 0.146. The molecule has 0 aliphatic carbocycles. The molecule has 0 aromatic heterocycles. The molecule has 0 heterocycles. The van der Waals surface area contributed by atoms with Crippen molar-refractivity contribution < 1.29 is 5.11 Å². The van der Waals surface area contributed by atoms with Crippen molar-refractivity contribution in [2.75, 3.05) is 6.61 Å². The van der Waals surface area contributed by atoms with Gasteiger partial charge in [-0.25, -0.2) is 0 Å². The maximum Gasteiger partial charge on any atom is 0.0582 e. The van der Waals surface area contributed by atoms with E-state index in [9.17, 15) is 0 Å². The molecular formula is C12H18ClNO. The number of aliphatic hydroxyl groups excluding tert-OH is 1. The topological polar surface area (TPSA) is 32.3 Å². The van der Waals surface area contributed by atoms with Gasteiger partial charge in [-0.3, -0.25) is 0 Å². The summed E-state index contributed by atoms with van der Waals surface area (Å²) in [5.74, 6) is 0. The van der Waals surface area contributed by atoms with E-state index in [1.54, 1.807) is 0 Å². The summed E-state index contributed by atoms with van der Waals surface area (Å²) in [6, 6.07) is 8.37. The van der Waals surface area contributed by atoms with Gasteiger partial charge in [-0.15, -0.1) is 0 Å². The molecule has 15 heavy (non-hydrogen) atoms. The normalized spacial score (nSPS) is 14.9. The van der Waals surface area contributed by atoms with E-state index < -0.39 is 0 Å². The Morgan fingerprint density at radius 3 is 2.33 bits per heavy atom. The molecule has 3 heteroatoms. The Bertz CT molecular complexity index is 286. The summed E-state index contributed by atoms with van der Waals surface area (Å²) < 4.78 is 0. The van der Waals surface area contributed by atoms with E-state index in [1.807, 2.05) is 31.2 Å². The van der Waals surface area contributed by atoms with Crippen LogP contribution in [0.4, 0.5) is 0 Å². The maximum atomic E-state index is 8.91. The van der Waals surface area contributed by atoms with Gasteiger partial charge in [0.25, 0.3) is 0 Å². The molecule has 1 aromatic rings. The van der Waals surface area contributed by atoms with Gasteiger partial charge in [0.05, 0.1) is 6.61 Å². The van der Waals surface area contributed by atoms with Gasteiger partial charge in [0, 0.05) is 17.1 Å². The smallest absolute Gasteiger partial charge is 0.0582 e. The Balaban J connectivity index is 2.44. The van der Waals surface area contributed by atoms with Crippen LogP contribution in [0.15, 0.2) is 24.3 Å². The molecule has 2 atom stereocenters. The Labute approximate surface area is 96.3 Å². The number of nitrogens with one attached hydrogen (secondary N) is 1. The zero-order chi connectivity index (χ0) is 11.3. The van der Waals surface area contributed by atoms with E-state index >= 15 is 0 Å². The molecule has 0 saturated heterocycles. The van der Waals surface area contributed by atoms with E-state index in [0.29, 0.717) is 6.04 Å². The first-order valence-corrected chi connectivity index (χ1v) is 5.61. The molecule has 2 nitrogen and oxygen atoms in total. The average Bonchev–Trinajstić information content (AvgIpc) is 2.21. The largest absolute Gasteiger partial charge is 0.395 e. The Morgan fingerprint density at radius 1 is 1.20 bits per heavy atom. The first-order valence-electron chi connectivity index (χ1n) is 5.23. The van der Waals surface area contributed by atoms with Crippen LogP contribution in [0, 0.1) is 0 Å². The van der Waals surface area contributed by atoms with E-state index in [0.717, 1.165) is 11.4 Å². The van der Waals surface area contributed by atoms with Crippen LogP contribution in [0.5, 0.6) is 0 Å². The summed E-state index contributed by atoms with van der Waals surface area (Å²) in [5, 5.41) is 13.0. The maximum absolute atomic E-state index is 8.91. The zero-order valence-electron chi connectivity index (χ0n) is 9.20. The lowest BCUT2D eigenvalue weighted by molar-refractivity contribution is 0.242. The number of halogens is 1. The highest BCUT2D eigenvalue weighted by atomic mass is 35.5. The van der Waals surface area contributed by atoms with E-state index in [-0.39, 0.29) is 12.6 Å². The van der Waals surface area contributed by atoms with E-state index in [4.69, 9.17) is 16.7 Å².